The maximum atomic E-state index is 12.0. The molecule has 3 rings (SSSR count). The molecule has 0 aliphatic heterocycles. The molecular formula is C12H9N3O2S2. The van der Waals surface area contributed by atoms with E-state index in [0.717, 1.165) is 5.69 Å². The Kier molecular flexibility index (Phi) is 3.14. The van der Waals surface area contributed by atoms with Crippen molar-refractivity contribution in [1.29, 1.82) is 0 Å². The summed E-state index contributed by atoms with van der Waals surface area (Å²) in [6, 6.07) is 3.60. The molecule has 3 aromatic heterocycles. The second-order valence-electron chi connectivity index (χ2n) is 3.76. The van der Waals surface area contributed by atoms with Crippen molar-refractivity contribution < 1.29 is 9.21 Å². The van der Waals surface area contributed by atoms with E-state index in [1.165, 1.54) is 22.7 Å². The lowest BCUT2D eigenvalue weighted by atomic mass is 10.4. The second kappa shape index (κ2) is 4.94. The summed E-state index contributed by atoms with van der Waals surface area (Å²) in [5, 5.41) is 7.57. The van der Waals surface area contributed by atoms with Gasteiger partial charge in [-0.3, -0.25) is 10.1 Å². The van der Waals surface area contributed by atoms with Crippen molar-refractivity contribution in [2.45, 2.75) is 6.92 Å². The van der Waals surface area contributed by atoms with Crippen molar-refractivity contribution in [3.63, 3.8) is 0 Å². The molecule has 0 aliphatic rings. The third-order valence-corrected chi connectivity index (χ3v) is 4.04. The van der Waals surface area contributed by atoms with Crippen LogP contribution in [-0.4, -0.2) is 15.9 Å². The quantitative estimate of drug-likeness (QED) is 0.803. The summed E-state index contributed by atoms with van der Waals surface area (Å²) in [6.07, 6.45) is 1.58. The van der Waals surface area contributed by atoms with Crippen LogP contribution in [0.5, 0.6) is 0 Å². The average molecular weight is 291 g/mol. The number of thiazole rings is 2. The summed E-state index contributed by atoms with van der Waals surface area (Å²) in [7, 11) is 0. The summed E-state index contributed by atoms with van der Waals surface area (Å²) in [5.41, 5.74) is 1.25. The highest BCUT2D eigenvalue weighted by Gasteiger charge is 2.14. The molecule has 0 saturated heterocycles. The fourth-order valence-corrected chi connectivity index (χ4v) is 2.91. The lowest BCUT2D eigenvalue weighted by molar-refractivity contribution is 0.102. The van der Waals surface area contributed by atoms with Crippen LogP contribution in [0.15, 0.2) is 33.6 Å². The first kappa shape index (κ1) is 12.1. The van der Waals surface area contributed by atoms with Gasteiger partial charge in [-0.1, -0.05) is 0 Å². The molecule has 0 fully saturated rings. The van der Waals surface area contributed by atoms with Gasteiger partial charge in [0.25, 0.3) is 5.91 Å². The fraction of sp³-hybridized carbons (Fsp3) is 0.0833. The molecule has 0 saturated carbocycles. The van der Waals surface area contributed by atoms with Crippen LogP contribution in [0.3, 0.4) is 0 Å². The number of carbonyl (C=O) groups is 1. The Morgan fingerprint density at radius 1 is 1.32 bits per heavy atom. The van der Waals surface area contributed by atoms with Crippen molar-refractivity contribution in [1.82, 2.24) is 9.97 Å². The first-order chi connectivity index (χ1) is 9.22. The summed E-state index contributed by atoms with van der Waals surface area (Å²) in [4.78, 5) is 20.4. The summed E-state index contributed by atoms with van der Waals surface area (Å²) in [6.45, 7) is 1.88. The van der Waals surface area contributed by atoms with Crippen molar-refractivity contribution in [2.75, 3.05) is 5.32 Å². The molecule has 19 heavy (non-hydrogen) atoms. The smallest absolute Gasteiger partial charge is 0.276 e. The number of aryl methyl sites for hydroxylation is 1. The number of nitrogens with one attached hydrogen (secondary N) is 1. The van der Waals surface area contributed by atoms with Crippen LogP contribution in [0.4, 0.5) is 5.13 Å². The fourth-order valence-electron chi connectivity index (χ4n) is 1.46. The zero-order valence-electron chi connectivity index (χ0n) is 9.91. The predicted molar refractivity (Wildman–Crippen MR) is 74.6 cm³/mol. The number of hydrogen-bond acceptors (Lipinski definition) is 6. The van der Waals surface area contributed by atoms with Gasteiger partial charge in [0.2, 0.25) is 0 Å². The Hall–Kier alpha value is -1.99. The zero-order valence-corrected chi connectivity index (χ0v) is 11.5. The number of rotatable bonds is 3. The molecule has 0 unspecified atom stereocenters. The third-order valence-electron chi connectivity index (χ3n) is 2.31. The lowest BCUT2D eigenvalue weighted by Gasteiger charge is -1.96. The minimum atomic E-state index is -0.261. The Labute approximate surface area is 117 Å². The number of hydrogen-bond donors (Lipinski definition) is 1. The molecule has 0 radical (unpaired) electrons. The van der Waals surface area contributed by atoms with E-state index in [0.29, 0.717) is 21.6 Å². The molecule has 5 nitrogen and oxygen atoms in total. The summed E-state index contributed by atoms with van der Waals surface area (Å²) < 4.78 is 5.24. The lowest BCUT2D eigenvalue weighted by Crippen LogP contribution is -2.12. The van der Waals surface area contributed by atoms with Crippen LogP contribution in [0.1, 0.15) is 16.2 Å². The van der Waals surface area contributed by atoms with E-state index >= 15 is 0 Å². The summed E-state index contributed by atoms with van der Waals surface area (Å²) >= 11 is 2.76. The SMILES string of the molecule is Cc1csc(NC(=O)c2csc(-c3ccco3)n2)n1. The molecule has 3 heterocycles. The van der Waals surface area contributed by atoms with Crippen LogP contribution in [0.25, 0.3) is 10.8 Å². The first-order valence-corrected chi connectivity index (χ1v) is 7.21. The molecule has 0 bridgehead atoms. The zero-order chi connectivity index (χ0) is 13.2. The molecule has 3 aromatic rings. The maximum Gasteiger partial charge on any atom is 0.276 e. The van der Waals surface area contributed by atoms with Gasteiger partial charge in [-0.2, -0.15) is 0 Å². The molecule has 0 aromatic carbocycles. The number of carbonyl (C=O) groups excluding carboxylic acids is 1. The minimum Gasteiger partial charge on any atom is -0.462 e. The monoisotopic (exact) mass is 291 g/mol. The Bertz CT molecular complexity index is 700. The number of aromatic nitrogens is 2. The second-order valence-corrected chi connectivity index (χ2v) is 5.48. The van der Waals surface area contributed by atoms with Crippen LogP contribution in [-0.2, 0) is 0 Å². The van der Waals surface area contributed by atoms with Gasteiger partial charge in [0.1, 0.15) is 5.69 Å². The van der Waals surface area contributed by atoms with E-state index in [4.69, 9.17) is 4.42 Å². The minimum absolute atomic E-state index is 0.261. The van der Waals surface area contributed by atoms with E-state index in [1.54, 1.807) is 17.7 Å². The van der Waals surface area contributed by atoms with Gasteiger partial charge in [-0.25, -0.2) is 9.97 Å². The summed E-state index contributed by atoms with van der Waals surface area (Å²) in [5.74, 6) is 0.401. The van der Waals surface area contributed by atoms with Crippen LogP contribution in [0, 0.1) is 6.92 Å². The van der Waals surface area contributed by atoms with Gasteiger partial charge >= 0.3 is 0 Å². The van der Waals surface area contributed by atoms with Crippen molar-refractivity contribution in [3.8, 4) is 10.8 Å². The van der Waals surface area contributed by atoms with Crippen LogP contribution in [0.2, 0.25) is 0 Å². The third kappa shape index (κ3) is 2.56. The molecule has 7 heteroatoms. The molecule has 0 atom stereocenters. The molecule has 1 N–H and O–H groups in total. The van der Waals surface area contributed by atoms with Gasteiger partial charge < -0.3 is 4.42 Å². The molecular weight excluding hydrogens is 282 g/mol. The standard InChI is InChI=1S/C12H9N3O2S2/c1-7-5-19-12(13-7)15-10(16)8-6-18-11(14-8)9-3-2-4-17-9/h2-6H,1H3,(H,13,15,16). The van der Waals surface area contributed by atoms with Crippen molar-refractivity contribution in [3.05, 3.63) is 40.5 Å². The van der Waals surface area contributed by atoms with Crippen LogP contribution < -0.4 is 5.32 Å². The topological polar surface area (TPSA) is 68.0 Å². The number of furan rings is 1. The molecule has 0 spiro atoms. The van der Waals surface area contributed by atoms with E-state index in [-0.39, 0.29) is 5.91 Å². The Balaban J connectivity index is 1.77. The van der Waals surface area contributed by atoms with E-state index in [9.17, 15) is 4.79 Å². The highest BCUT2D eigenvalue weighted by molar-refractivity contribution is 7.14. The number of nitrogens with zero attached hydrogens (tertiary/aromatic N) is 2. The van der Waals surface area contributed by atoms with Crippen molar-refractivity contribution >= 4 is 33.7 Å². The Morgan fingerprint density at radius 2 is 2.21 bits per heavy atom. The van der Waals surface area contributed by atoms with E-state index < -0.39 is 0 Å². The molecule has 1 amide bonds. The molecule has 96 valence electrons. The largest absolute Gasteiger partial charge is 0.462 e. The predicted octanol–water partition coefficient (Wildman–Crippen LogP) is 3.42. The number of anilines is 1. The van der Waals surface area contributed by atoms with Gasteiger partial charge in [0, 0.05) is 10.8 Å². The first-order valence-electron chi connectivity index (χ1n) is 5.45. The Morgan fingerprint density at radius 3 is 2.89 bits per heavy atom. The van der Waals surface area contributed by atoms with Gasteiger partial charge in [0.05, 0.1) is 12.0 Å². The molecule has 0 aliphatic carbocycles. The van der Waals surface area contributed by atoms with Gasteiger partial charge in [-0.05, 0) is 19.1 Å². The van der Waals surface area contributed by atoms with Crippen LogP contribution >= 0.6 is 22.7 Å². The van der Waals surface area contributed by atoms with Crippen molar-refractivity contribution in [2.24, 2.45) is 0 Å². The highest BCUT2D eigenvalue weighted by Crippen LogP contribution is 2.24. The van der Waals surface area contributed by atoms with E-state index in [1.807, 2.05) is 18.4 Å². The van der Waals surface area contributed by atoms with E-state index in [2.05, 4.69) is 15.3 Å². The number of amides is 1. The van der Waals surface area contributed by atoms with Gasteiger partial charge in [-0.15, -0.1) is 22.7 Å². The van der Waals surface area contributed by atoms with Gasteiger partial charge in [0.15, 0.2) is 15.9 Å². The highest BCUT2D eigenvalue weighted by atomic mass is 32.1. The average Bonchev–Trinajstić information content (AvgIpc) is 3.08. The maximum absolute atomic E-state index is 12.0. The normalized spacial score (nSPS) is 10.6.